The zero-order valence-electron chi connectivity index (χ0n) is 10.6. The quantitative estimate of drug-likeness (QED) is 0.658. The summed E-state index contributed by atoms with van der Waals surface area (Å²) in [6.45, 7) is 3.75. The van der Waals surface area contributed by atoms with Gasteiger partial charge in [0.2, 0.25) is 0 Å². The van der Waals surface area contributed by atoms with E-state index in [9.17, 15) is 10.1 Å². The largest absolute Gasteiger partial charge is 0.355 e. The van der Waals surface area contributed by atoms with Gasteiger partial charge in [0.15, 0.2) is 0 Å². The first-order valence-electron chi connectivity index (χ1n) is 5.76. The molecule has 0 atom stereocenters. The average Bonchev–Trinajstić information content (AvgIpc) is 2.37. The Hall–Kier alpha value is -2.07. The van der Waals surface area contributed by atoms with Crippen LogP contribution in [0.4, 0.5) is 17.1 Å². The van der Waals surface area contributed by atoms with Crippen LogP contribution in [0.15, 0.2) is 36.4 Å². The highest BCUT2D eigenvalue weighted by Gasteiger charge is 2.09. The predicted octanol–water partition coefficient (Wildman–Crippen LogP) is 4.61. The Morgan fingerprint density at radius 2 is 1.89 bits per heavy atom. The number of nitro benzene ring substituents is 1. The summed E-state index contributed by atoms with van der Waals surface area (Å²) < 4.78 is 0. The molecule has 0 spiro atoms. The van der Waals surface area contributed by atoms with Crippen LogP contribution < -0.4 is 5.32 Å². The highest BCUT2D eigenvalue weighted by Crippen LogP contribution is 2.29. The summed E-state index contributed by atoms with van der Waals surface area (Å²) in [5.41, 5.74) is 3.57. The number of anilines is 2. The Kier molecular flexibility index (Phi) is 3.71. The molecule has 1 N–H and O–H groups in total. The van der Waals surface area contributed by atoms with Crippen LogP contribution in [0.5, 0.6) is 0 Å². The van der Waals surface area contributed by atoms with Crippen molar-refractivity contribution in [1.29, 1.82) is 0 Å². The number of rotatable bonds is 3. The predicted molar refractivity (Wildman–Crippen MR) is 77.3 cm³/mol. The topological polar surface area (TPSA) is 55.2 Å². The Morgan fingerprint density at radius 3 is 2.53 bits per heavy atom. The molecule has 2 rings (SSSR count). The van der Waals surface area contributed by atoms with Crippen LogP contribution in [-0.4, -0.2) is 4.92 Å². The molecule has 0 heterocycles. The van der Waals surface area contributed by atoms with Crippen LogP contribution in [0.3, 0.4) is 0 Å². The molecular weight excluding hydrogens is 264 g/mol. The molecule has 19 heavy (non-hydrogen) atoms. The molecule has 0 saturated heterocycles. The molecule has 0 amide bonds. The molecule has 0 fully saturated rings. The highest BCUT2D eigenvalue weighted by atomic mass is 35.5. The van der Waals surface area contributed by atoms with Crippen LogP contribution in [0.1, 0.15) is 11.1 Å². The van der Waals surface area contributed by atoms with Crippen molar-refractivity contribution in [2.75, 3.05) is 5.32 Å². The zero-order chi connectivity index (χ0) is 14.0. The third-order valence-corrected chi connectivity index (χ3v) is 3.37. The average molecular weight is 277 g/mol. The monoisotopic (exact) mass is 276 g/mol. The van der Waals surface area contributed by atoms with E-state index in [0.29, 0.717) is 5.02 Å². The van der Waals surface area contributed by atoms with Crippen molar-refractivity contribution in [3.63, 3.8) is 0 Å². The molecule has 0 saturated carbocycles. The van der Waals surface area contributed by atoms with Gasteiger partial charge in [0, 0.05) is 28.5 Å². The van der Waals surface area contributed by atoms with Gasteiger partial charge in [0.05, 0.1) is 4.92 Å². The molecule has 0 unspecified atom stereocenters. The summed E-state index contributed by atoms with van der Waals surface area (Å²) >= 11 is 6.06. The van der Waals surface area contributed by atoms with Crippen molar-refractivity contribution in [1.82, 2.24) is 0 Å². The van der Waals surface area contributed by atoms with E-state index in [1.54, 1.807) is 12.1 Å². The normalized spacial score (nSPS) is 10.3. The molecule has 0 aliphatic rings. The Balaban J connectivity index is 2.34. The molecule has 98 valence electrons. The standard InChI is InChI=1S/C14H13ClN2O2/c1-9-8-11(17(18)19)6-7-13(9)16-14-5-3-4-12(15)10(14)2/h3-8,16H,1-2H3. The summed E-state index contributed by atoms with van der Waals surface area (Å²) in [7, 11) is 0. The maximum absolute atomic E-state index is 10.7. The molecule has 0 radical (unpaired) electrons. The van der Waals surface area contributed by atoms with Gasteiger partial charge in [-0.3, -0.25) is 10.1 Å². The number of nitro groups is 1. The van der Waals surface area contributed by atoms with Crippen LogP contribution in [0.2, 0.25) is 5.02 Å². The lowest BCUT2D eigenvalue weighted by Crippen LogP contribution is -1.97. The molecule has 0 aliphatic carbocycles. The third kappa shape index (κ3) is 2.85. The van der Waals surface area contributed by atoms with Gasteiger partial charge < -0.3 is 5.32 Å². The van der Waals surface area contributed by atoms with Crippen molar-refractivity contribution < 1.29 is 4.92 Å². The van der Waals surface area contributed by atoms with Gasteiger partial charge >= 0.3 is 0 Å². The molecule has 5 heteroatoms. The molecular formula is C14H13ClN2O2. The molecule has 2 aromatic carbocycles. The number of nitrogens with one attached hydrogen (secondary N) is 1. The van der Waals surface area contributed by atoms with Gasteiger partial charge in [0.25, 0.3) is 5.69 Å². The maximum Gasteiger partial charge on any atom is 0.269 e. The first-order valence-corrected chi connectivity index (χ1v) is 6.14. The highest BCUT2D eigenvalue weighted by molar-refractivity contribution is 6.31. The summed E-state index contributed by atoms with van der Waals surface area (Å²) in [6, 6.07) is 10.3. The van der Waals surface area contributed by atoms with Crippen molar-refractivity contribution >= 4 is 28.7 Å². The maximum atomic E-state index is 10.7. The Morgan fingerprint density at radius 1 is 1.16 bits per heavy atom. The van der Waals surface area contributed by atoms with Crippen LogP contribution in [0, 0.1) is 24.0 Å². The number of halogens is 1. The molecule has 0 bridgehead atoms. The van der Waals surface area contributed by atoms with Gasteiger partial charge in [-0.25, -0.2) is 0 Å². The first kappa shape index (κ1) is 13.4. The lowest BCUT2D eigenvalue weighted by molar-refractivity contribution is -0.384. The van der Waals surface area contributed by atoms with Crippen LogP contribution >= 0.6 is 11.6 Å². The van der Waals surface area contributed by atoms with Gasteiger partial charge in [0.1, 0.15) is 0 Å². The summed E-state index contributed by atoms with van der Waals surface area (Å²) in [5, 5.41) is 14.6. The summed E-state index contributed by atoms with van der Waals surface area (Å²) in [4.78, 5) is 10.3. The number of aryl methyl sites for hydroxylation is 1. The van der Waals surface area contributed by atoms with Crippen molar-refractivity contribution in [3.05, 3.63) is 62.7 Å². The summed E-state index contributed by atoms with van der Waals surface area (Å²) in [6.07, 6.45) is 0. The smallest absolute Gasteiger partial charge is 0.269 e. The fraction of sp³-hybridized carbons (Fsp3) is 0.143. The second kappa shape index (κ2) is 5.28. The van der Waals surface area contributed by atoms with Crippen molar-refractivity contribution in [2.24, 2.45) is 0 Å². The van der Waals surface area contributed by atoms with Gasteiger partial charge in [-0.2, -0.15) is 0 Å². The Bertz CT molecular complexity index is 641. The lowest BCUT2D eigenvalue weighted by Gasteiger charge is -2.12. The molecule has 4 nitrogen and oxygen atoms in total. The fourth-order valence-corrected chi connectivity index (χ4v) is 1.96. The van der Waals surface area contributed by atoms with E-state index in [1.807, 2.05) is 32.0 Å². The number of benzene rings is 2. The second-order valence-corrected chi connectivity index (χ2v) is 4.70. The lowest BCUT2D eigenvalue weighted by atomic mass is 10.1. The van der Waals surface area contributed by atoms with E-state index in [-0.39, 0.29) is 5.69 Å². The first-order chi connectivity index (χ1) is 8.99. The van der Waals surface area contributed by atoms with E-state index < -0.39 is 4.92 Å². The zero-order valence-corrected chi connectivity index (χ0v) is 11.4. The number of non-ortho nitro benzene ring substituents is 1. The van der Waals surface area contributed by atoms with Crippen LogP contribution in [-0.2, 0) is 0 Å². The number of hydrogen-bond acceptors (Lipinski definition) is 3. The van der Waals surface area contributed by atoms with E-state index in [4.69, 9.17) is 11.6 Å². The van der Waals surface area contributed by atoms with Crippen molar-refractivity contribution in [2.45, 2.75) is 13.8 Å². The van der Waals surface area contributed by atoms with Gasteiger partial charge in [-0.05, 0) is 43.2 Å². The fourth-order valence-electron chi connectivity index (χ4n) is 1.79. The summed E-state index contributed by atoms with van der Waals surface area (Å²) in [5.74, 6) is 0. The SMILES string of the molecule is Cc1cc([N+](=O)[O-])ccc1Nc1cccc(Cl)c1C. The van der Waals surface area contributed by atoms with E-state index in [2.05, 4.69) is 5.32 Å². The molecule has 0 aliphatic heterocycles. The van der Waals surface area contributed by atoms with Crippen LogP contribution in [0.25, 0.3) is 0 Å². The minimum absolute atomic E-state index is 0.0888. The number of nitrogens with zero attached hydrogens (tertiary/aromatic N) is 1. The molecule has 0 aromatic heterocycles. The van der Waals surface area contributed by atoms with E-state index in [1.165, 1.54) is 6.07 Å². The minimum atomic E-state index is -0.401. The second-order valence-electron chi connectivity index (χ2n) is 4.29. The minimum Gasteiger partial charge on any atom is -0.355 e. The van der Waals surface area contributed by atoms with Crippen molar-refractivity contribution in [3.8, 4) is 0 Å². The Labute approximate surface area is 116 Å². The van der Waals surface area contributed by atoms with Gasteiger partial charge in [-0.1, -0.05) is 17.7 Å². The third-order valence-electron chi connectivity index (χ3n) is 2.96. The molecule has 2 aromatic rings. The number of hydrogen-bond donors (Lipinski definition) is 1. The van der Waals surface area contributed by atoms with E-state index in [0.717, 1.165) is 22.5 Å². The van der Waals surface area contributed by atoms with Gasteiger partial charge in [-0.15, -0.1) is 0 Å². The van der Waals surface area contributed by atoms with E-state index >= 15 is 0 Å².